The normalized spacial score (nSPS) is 10.2. The molecule has 0 fully saturated rings. The van der Waals surface area contributed by atoms with Crippen molar-refractivity contribution in [2.24, 2.45) is 0 Å². The topological polar surface area (TPSA) is 67.4 Å². The Balaban J connectivity index is 2.16. The maximum absolute atomic E-state index is 12.5. The predicted octanol–water partition coefficient (Wildman–Crippen LogP) is 3.64. The van der Waals surface area contributed by atoms with Gasteiger partial charge >= 0.3 is 0 Å². The highest BCUT2D eigenvalue weighted by molar-refractivity contribution is 6.06. The molecule has 0 spiro atoms. The maximum atomic E-state index is 12.5. The molecule has 0 aliphatic heterocycles. The summed E-state index contributed by atoms with van der Waals surface area (Å²) in [5.74, 6) is 0.0435. The Morgan fingerprint density at radius 3 is 2.44 bits per heavy atom. The van der Waals surface area contributed by atoms with E-state index < -0.39 is 0 Å². The van der Waals surface area contributed by atoms with Crippen LogP contribution in [0.15, 0.2) is 61.2 Å². The Labute approximate surface area is 147 Å². The van der Waals surface area contributed by atoms with Crippen molar-refractivity contribution in [1.29, 1.82) is 0 Å². The zero-order valence-electron chi connectivity index (χ0n) is 14.4. The van der Waals surface area contributed by atoms with Crippen LogP contribution in [-0.4, -0.2) is 24.5 Å². The van der Waals surface area contributed by atoms with E-state index in [0.29, 0.717) is 29.1 Å². The lowest BCUT2D eigenvalue weighted by Crippen LogP contribution is -2.23. The standard InChI is InChI=1S/C20H22N2O3/c1-4-12-21-19(23)15-8-7-9-16(13-15)20(24)22-17-10-5-6-11-18(17)25-14(2)3/h4-11,13-14H,1,12H2,2-3H3,(H,21,23)(H,22,24). The minimum absolute atomic E-state index is 0.00469. The van der Waals surface area contributed by atoms with Crippen molar-refractivity contribution in [3.63, 3.8) is 0 Å². The number of carbonyl (C=O) groups is 2. The van der Waals surface area contributed by atoms with E-state index in [0.717, 1.165) is 0 Å². The van der Waals surface area contributed by atoms with Crippen LogP contribution in [0.1, 0.15) is 34.6 Å². The van der Waals surface area contributed by atoms with Crippen LogP contribution < -0.4 is 15.4 Å². The van der Waals surface area contributed by atoms with E-state index in [4.69, 9.17) is 4.74 Å². The van der Waals surface area contributed by atoms with E-state index in [2.05, 4.69) is 17.2 Å². The highest BCUT2D eigenvalue weighted by Gasteiger charge is 2.13. The molecular formula is C20H22N2O3. The SMILES string of the molecule is C=CCNC(=O)c1cccc(C(=O)Nc2ccccc2OC(C)C)c1. The first kappa shape index (κ1) is 18.3. The third-order valence-electron chi connectivity index (χ3n) is 3.29. The summed E-state index contributed by atoms with van der Waals surface area (Å²) in [4.78, 5) is 24.5. The van der Waals surface area contributed by atoms with Crippen LogP contribution in [0, 0.1) is 0 Å². The lowest BCUT2D eigenvalue weighted by atomic mass is 10.1. The van der Waals surface area contributed by atoms with Gasteiger partial charge in [-0.3, -0.25) is 9.59 Å². The first-order chi connectivity index (χ1) is 12.0. The number of benzene rings is 2. The summed E-state index contributed by atoms with van der Waals surface area (Å²) in [7, 11) is 0. The fourth-order valence-electron chi connectivity index (χ4n) is 2.19. The van der Waals surface area contributed by atoms with Gasteiger partial charge in [0.2, 0.25) is 0 Å². The van der Waals surface area contributed by atoms with Crippen LogP contribution in [-0.2, 0) is 0 Å². The Morgan fingerprint density at radius 2 is 1.76 bits per heavy atom. The highest BCUT2D eigenvalue weighted by atomic mass is 16.5. The molecule has 0 saturated carbocycles. The minimum atomic E-state index is -0.307. The lowest BCUT2D eigenvalue weighted by Gasteiger charge is -2.15. The van der Waals surface area contributed by atoms with Crippen LogP contribution >= 0.6 is 0 Å². The number of carbonyl (C=O) groups excluding carboxylic acids is 2. The second-order valence-corrected chi connectivity index (χ2v) is 5.70. The average Bonchev–Trinajstić information content (AvgIpc) is 2.61. The van der Waals surface area contributed by atoms with Crippen LogP contribution in [0.4, 0.5) is 5.69 Å². The monoisotopic (exact) mass is 338 g/mol. The van der Waals surface area contributed by atoms with Gasteiger partial charge in [0.15, 0.2) is 0 Å². The minimum Gasteiger partial charge on any atom is -0.489 e. The second kappa shape index (κ2) is 8.68. The van der Waals surface area contributed by atoms with Gasteiger partial charge in [-0.15, -0.1) is 6.58 Å². The molecule has 0 aromatic heterocycles. The quantitative estimate of drug-likeness (QED) is 0.757. The van der Waals surface area contributed by atoms with Gasteiger partial charge in [-0.1, -0.05) is 24.3 Å². The Kier molecular flexibility index (Phi) is 6.34. The van der Waals surface area contributed by atoms with Crippen molar-refractivity contribution in [2.45, 2.75) is 20.0 Å². The molecule has 0 unspecified atom stereocenters. The molecule has 2 aromatic carbocycles. The summed E-state index contributed by atoms with van der Waals surface area (Å²) in [5.41, 5.74) is 1.40. The summed E-state index contributed by atoms with van der Waals surface area (Å²) < 4.78 is 5.70. The molecule has 2 aromatic rings. The summed E-state index contributed by atoms with van der Waals surface area (Å²) >= 11 is 0. The molecule has 0 radical (unpaired) electrons. The molecule has 5 nitrogen and oxygen atoms in total. The van der Waals surface area contributed by atoms with E-state index in [1.807, 2.05) is 26.0 Å². The number of para-hydroxylation sites is 2. The second-order valence-electron chi connectivity index (χ2n) is 5.70. The van der Waals surface area contributed by atoms with Gasteiger partial charge in [-0.2, -0.15) is 0 Å². The molecule has 0 aliphatic carbocycles. The van der Waals surface area contributed by atoms with E-state index in [1.54, 1.807) is 42.5 Å². The van der Waals surface area contributed by atoms with Crippen LogP contribution in [0.3, 0.4) is 0 Å². The van der Waals surface area contributed by atoms with Crippen molar-refractivity contribution in [1.82, 2.24) is 5.32 Å². The number of hydrogen-bond donors (Lipinski definition) is 2. The Bertz CT molecular complexity index is 769. The molecule has 0 saturated heterocycles. The van der Waals surface area contributed by atoms with Crippen molar-refractivity contribution < 1.29 is 14.3 Å². The first-order valence-electron chi connectivity index (χ1n) is 8.07. The van der Waals surface area contributed by atoms with Crippen molar-refractivity contribution in [3.8, 4) is 5.75 Å². The number of nitrogens with one attached hydrogen (secondary N) is 2. The molecule has 2 amide bonds. The third kappa shape index (κ3) is 5.21. The van der Waals surface area contributed by atoms with Crippen LogP contribution in [0.25, 0.3) is 0 Å². The van der Waals surface area contributed by atoms with E-state index >= 15 is 0 Å². The van der Waals surface area contributed by atoms with Gasteiger partial charge in [-0.25, -0.2) is 0 Å². The van der Waals surface area contributed by atoms with Gasteiger partial charge in [0.25, 0.3) is 11.8 Å². The number of hydrogen-bond acceptors (Lipinski definition) is 3. The molecule has 5 heteroatoms. The third-order valence-corrected chi connectivity index (χ3v) is 3.29. The van der Waals surface area contributed by atoms with Crippen molar-refractivity contribution in [3.05, 3.63) is 72.3 Å². The molecule has 130 valence electrons. The van der Waals surface area contributed by atoms with Gasteiger partial charge < -0.3 is 15.4 Å². The molecular weight excluding hydrogens is 316 g/mol. The Morgan fingerprint density at radius 1 is 1.08 bits per heavy atom. The molecule has 25 heavy (non-hydrogen) atoms. The number of ether oxygens (including phenoxy) is 1. The zero-order valence-corrected chi connectivity index (χ0v) is 14.4. The molecule has 0 aliphatic rings. The Hall–Kier alpha value is -3.08. The lowest BCUT2D eigenvalue weighted by molar-refractivity contribution is 0.0958. The summed E-state index contributed by atoms with van der Waals surface area (Å²) in [6.45, 7) is 7.77. The fraction of sp³-hybridized carbons (Fsp3) is 0.200. The van der Waals surface area contributed by atoms with Crippen molar-refractivity contribution >= 4 is 17.5 Å². The average molecular weight is 338 g/mol. The first-order valence-corrected chi connectivity index (χ1v) is 8.07. The molecule has 2 N–H and O–H groups in total. The van der Waals surface area contributed by atoms with Crippen molar-refractivity contribution in [2.75, 3.05) is 11.9 Å². The molecule has 2 rings (SSSR count). The summed E-state index contributed by atoms with van der Waals surface area (Å²) in [5, 5.41) is 5.52. The van der Waals surface area contributed by atoms with E-state index in [-0.39, 0.29) is 17.9 Å². The van der Waals surface area contributed by atoms with Gasteiger partial charge in [-0.05, 0) is 44.2 Å². The summed E-state index contributed by atoms with van der Waals surface area (Å²) in [6, 6.07) is 13.8. The highest BCUT2D eigenvalue weighted by Crippen LogP contribution is 2.25. The molecule has 0 bridgehead atoms. The van der Waals surface area contributed by atoms with E-state index in [1.165, 1.54) is 0 Å². The van der Waals surface area contributed by atoms with Gasteiger partial charge in [0.1, 0.15) is 5.75 Å². The maximum Gasteiger partial charge on any atom is 0.255 e. The fourth-order valence-corrected chi connectivity index (χ4v) is 2.19. The molecule has 0 atom stereocenters. The summed E-state index contributed by atoms with van der Waals surface area (Å²) in [6.07, 6.45) is 1.59. The number of amides is 2. The van der Waals surface area contributed by atoms with Crippen LogP contribution in [0.5, 0.6) is 5.75 Å². The van der Waals surface area contributed by atoms with Gasteiger partial charge in [0, 0.05) is 17.7 Å². The number of anilines is 1. The molecule has 0 heterocycles. The zero-order chi connectivity index (χ0) is 18.2. The smallest absolute Gasteiger partial charge is 0.255 e. The van der Waals surface area contributed by atoms with Gasteiger partial charge in [0.05, 0.1) is 11.8 Å². The number of rotatable bonds is 7. The largest absolute Gasteiger partial charge is 0.489 e. The predicted molar refractivity (Wildman–Crippen MR) is 99.1 cm³/mol. The van der Waals surface area contributed by atoms with Crippen LogP contribution in [0.2, 0.25) is 0 Å². The van der Waals surface area contributed by atoms with E-state index in [9.17, 15) is 9.59 Å².